The molecular formula is C18H29N3O. The number of benzene rings is 1. The van der Waals surface area contributed by atoms with Crippen LogP contribution in [-0.2, 0) is 17.9 Å². The number of hydrogen-bond acceptors (Lipinski definition) is 3. The van der Waals surface area contributed by atoms with Crippen LogP contribution in [0.15, 0.2) is 24.3 Å². The molecule has 122 valence electrons. The van der Waals surface area contributed by atoms with Gasteiger partial charge in [-0.05, 0) is 44.1 Å². The molecule has 0 saturated carbocycles. The maximum Gasteiger partial charge on any atom is 0.224 e. The second kappa shape index (κ2) is 8.91. The molecule has 1 aliphatic heterocycles. The van der Waals surface area contributed by atoms with E-state index in [1.807, 2.05) is 14.0 Å². The van der Waals surface area contributed by atoms with Gasteiger partial charge in [-0.1, -0.05) is 37.6 Å². The van der Waals surface area contributed by atoms with Crippen molar-refractivity contribution in [3.63, 3.8) is 0 Å². The van der Waals surface area contributed by atoms with Crippen LogP contribution in [0.3, 0.4) is 0 Å². The lowest BCUT2D eigenvalue weighted by atomic mass is 10.1. The minimum absolute atomic E-state index is 0.00312. The summed E-state index contributed by atoms with van der Waals surface area (Å²) in [5, 5.41) is 6.02. The molecule has 1 aromatic rings. The molecule has 0 radical (unpaired) electrons. The summed E-state index contributed by atoms with van der Waals surface area (Å²) in [4.78, 5) is 14.4. The molecule has 2 rings (SSSR count). The van der Waals surface area contributed by atoms with Crippen molar-refractivity contribution in [1.82, 2.24) is 15.5 Å². The van der Waals surface area contributed by atoms with Crippen LogP contribution in [0, 0.1) is 5.92 Å². The lowest BCUT2D eigenvalue weighted by Gasteiger charge is -2.26. The van der Waals surface area contributed by atoms with Crippen molar-refractivity contribution in [2.24, 2.45) is 5.92 Å². The van der Waals surface area contributed by atoms with Gasteiger partial charge >= 0.3 is 0 Å². The van der Waals surface area contributed by atoms with Gasteiger partial charge < -0.3 is 10.6 Å². The first-order valence-electron chi connectivity index (χ1n) is 8.41. The lowest BCUT2D eigenvalue weighted by Crippen LogP contribution is -2.33. The van der Waals surface area contributed by atoms with Crippen molar-refractivity contribution < 1.29 is 4.79 Å². The summed E-state index contributed by atoms with van der Waals surface area (Å²) in [5.41, 5.74) is 2.52. The summed E-state index contributed by atoms with van der Waals surface area (Å²) in [7, 11) is 1.87. The van der Waals surface area contributed by atoms with E-state index in [0.29, 0.717) is 13.1 Å². The van der Waals surface area contributed by atoms with Crippen LogP contribution in [0.1, 0.15) is 37.3 Å². The number of nitrogens with one attached hydrogen (secondary N) is 2. The number of hydrogen-bond donors (Lipinski definition) is 2. The predicted molar refractivity (Wildman–Crippen MR) is 90.5 cm³/mol. The molecule has 0 aliphatic carbocycles. The Morgan fingerprint density at radius 2 is 1.77 bits per heavy atom. The molecule has 1 atom stereocenters. The first kappa shape index (κ1) is 17.0. The zero-order chi connectivity index (χ0) is 15.8. The second-order valence-electron chi connectivity index (χ2n) is 6.33. The normalized spacial score (nSPS) is 17.2. The van der Waals surface area contributed by atoms with E-state index in [9.17, 15) is 4.79 Å². The van der Waals surface area contributed by atoms with Gasteiger partial charge in [0.05, 0.1) is 0 Å². The summed E-state index contributed by atoms with van der Waals surface area (Å²) in [6, 6.07) is 8.63. The van der Waals surface area contributed by atoms with E-state index >= 15 is 0 Å². The fraction of sp³-hybridized carbons (Fsp3) is 0.611. The van der Waals surface area contributed by atoms with Crippen molar-refractivity contribution >= 4 is 5.91 Å². The molecule has 1 fully saturated rings. The van der Waals surface area contributed by atoms with Gasteiger partial charge in [0, 0.05) is 25.6 Å². The fourth-order valence-electron chi connectivity index (χ4n) is 2.90. The van der Waals surface area contributed by atoms with Gasteiger partial charge in [-0.2, -0.15) is 0 Å². The van der Waals surface area contributed by atoms with Crippen LogP contribution < -0.4 is 10.6 Å². The molecule has 1 aromatic carbocycles. The number of rotatable bonds is 7. The van der Waals surface area contributed by atoms with Crippen LogP contribution in [0.2, 0.25) is 0 Å². The summed E-state index contributed by atoms with van der Waals surface area (Å²) < 4.78 is 0. The highest BCUT2D eigenvalue weighted by Gasteiger charge is 2.12. The maximum absolute atomic E-state index is 11.9. The van der Waals surface area contributed by atoms with Crippen LogP contribution >= 0.6 is 0 Å². The standard InChI is InChI=1S/C18H29N3O/c1-15(12-19-2)18(22)20-13-16-6-8-17(9-7-16)14-21-10-4-3-5-11-21/h6-9,15,19H,3-5,10-14H2,1-2H3,(H,20,22). The van der Waals surface area contributed by atoms with E-state index in [2.05, 4.69) is 39.8 Å². The highest BCUT2D eigenvalue weighted by molar-refractivity contribution is 5.78. The highest BCUT2D eigenvalue weighted by atomic mass is 16.1. The fourth-order valence-corrected chi connectivity index (χ4v) is 2.90. The molecule has 1 amide bonds. The van der Waals surface area contributed by atoms with Crippen LogP contribution in [0.4, 0.5) is 0 Å². The van der Waals surface area contributed by atoms with Crippen LogP contribution in [0.5, 0.6) is 0 Å². The smallest absolute Gasteiger partial charge is 0.224 e. The SMILES string of the molecule is CNCC(C)C(=O)NCc1ccc(CN2CCCCC2)cc1. The molecular weight excluding hydrogens is 274 g/mol. The van der Waals surface area contributed by atoms with Gasteiger partial charge in [-0.25, -0.2) is 0 Å². The van der Waals surface area contributed by atoms with Gasteiger partial charge in [0.1, 0.15) is 0 Å². The van der Waals surface area contributed by atoms with E-state index < -0.39 is 0 Å². The largest absolute Gasteiger partial charge is 0.352 e. The molecule has 4 heteroatoms. The summed E-state index contributed by atoms with van der Waals surface area (Å²) in [6.07, 6.45) is 4.03. The highest BCUT2D eigenvalue weighted by Crippen LogP contribution is 2.13. The van der Waals surface area contributed by atoms with Gasteiger partial charge in [-0.3, -0.25) is 9.69 Å². The Labute approximate surface area is 134 Å². The quantitative estimate of drug-likeness (QED) is 0.811. The molecule has 1 aliphatic rings. The molecule has 0 spiro atoms. The van der Waals surface area contributed by atoms with E-state index in [4.69, 9.17) is 0 Å². The number of nitrogens with zero attached hydrogens (tertiary/aromatic N) is 1. The van der Waals surface area contributed by atoms with Crippen molar-refractivity contribution in [2.75, 3.05) is 26.7 Å². The van der Waals surface area contributed by atoms with Gasteiger partial charge in [0.25, 0.3) is 0 Å². The van der Waals surface area contributed by atoms with E-state index in [1.165, 1.54) is 37.9 Å². The third-order valence-corrected chi connectivity index (χ3v) is 4.30. The van der Waals surface area contributed by atoms with Crippen LogP contribution in [-0.4, -0.2) is 37.5 Å². The minimum atomic E-state index is 0.00312. The van der Waals surface area contributed by atoms with Gasteiger partial charge in [0.2, 0.25) is 5.91 Å². The zero-order valence-corrected chi connectivity index (χ0v) is 13.9. The third-order valence-electron chi connectivity index (χ3n) is 4.30. The van der Waals surface area contributed by atoms with Gasteiger partial charge in [0.15, 0.2) is 0 Å². The molecule has 1 saturated heterocycles. The number of likely N-dealkylation sites (tertiary alicyclic amines) is 1. The molecule has 22 heavy (non-hydrogen) atoms. The lowest BCUT2D eigenvalue weighted by molar-refractivity contribution is -0.124. The Hall–Kier alpha value is -1.39. The van der Waals surface area contributed by atoms with Crippen molar-refractivity contribution in [3.8, 4) is 0 Å². The van der Waals surface area contributed by atoms with E-state index in [1.54, 1.807) is 0 Å². The van der Waals surface area contributed by atoms with E-state index in [0.717, 1.165) is 12.1 Å². The predicted octanol–water partition coefficient (Wildman–Crippen LogP) is 2.14. The van der Waals surface area contributed by atoms with Crippen LogP contribution in [0.25, 0.3) is 0 Å². The number of amides is 1. The molecule has 4 nitrogen and oxygen atoms in total. The Kier molecular flexibility index (Phi) is 6.87. The Morgan fingerprint density at radius 1 is 1.14 bits per heavy atom. The average molecular weight is 303 g/mol. The van der Waals surface area contributed by atoms with Crippen molar-refractivity contribution in [3.05, 3.63) is 35.4 Å². The maximum atomic E-state index is 11.9. The first-order valence-corrected chi connectivity index (χ1v) is 8.41. The topological polar surface area (TPSA) is 44.4 Å². The van der Waals surface area contributed by atoms with E-state index in [-0.39, 0.29) is 11.8 Å². The molecule has 1 unspecified atom stereocenters. The molecule has 0 bridgehead atoms. The summed E-state index contributed by atoms with van der Waals surface area (Å²) >= 11 is 0. The molecule has 0 aromatic heterocycles. The number of carbonyl (C=O) groups excluding carboxylic acids is 1. The number of carbonyl (C=O) groups is 1. The molecule has 1 heterocycles. The molecule has 2 N–H and O–H groups in total. The summed E-state index contributed by atoms with van der Waals surface area (Å²) in [6.45, 7) is 6.75. The second-order valence-corrected chi connectivity index (χ2v) is 6.33. The Balaban J connectivity index is 1.77. The minimum Gasteiger partial charge on any atom is -0.352 e. The third kappa shape index (κ3) is 5.43. The van der Waals surface area contributed by atoms with Crippen molar-refractivity contribution in [1.29, 1.82) is 0 Å². The first-order chi connectivity index (χ1) is 10.7. The monoisotopic (exact) mass is 303 g/mol. The number of piperidine rings is 1. The van der Waals surface area contributed by atoms with Crippen molar-refractivity contribution in [2.45, 2.75) is 39.3 Å². The summed E-state index contributed by atoms with van der Waals surface area (Å²) in [5.74, 6) is 0.107. The average Bonchev–Trinajstić information content (AvgIpc) is 2.55. The Bertz CT molecular complexity index is 452. The van der Waals surface area contributed by atoms with Gasteiger partial charge in [-0.15, -0.1) is 0 Å². The zero-order valence-electron chi connectivity index (χ0n) is 13.9. The Morgan fingerprint density at radius 3 is 2.41 bits per heavy atom.